The molecule has 0 radical (unpaired) electrons. The van der Waals surface area contributed by atoms with Crippen LogP contribution in [0.4, 0.5) is 5.69 Å². The number of benzene rings is 2. The summed E-state index contributed by atoms with van der Waals surface area (Å²) in [6, 6.07) is 15.5. The summed E-state index contributed by atoms with van der Waals surface area (Å²) < 4.78 is 5.66. The lowest BCUT2D eigenvalue weighted by atomic mass is 10.1. The molecule has 1 amide bonds. The van der Waals surface area contributed by atoms with Gasteiger partial charge in [0.1, 0.15) is 0 Å². The largest absolute Gasteiger partial charge is 0.411 e. The van der Waals surface area contributed by atoms with Crippen LogP contribution in [0.1, 0.15) is 18.1 Å². The van der Waals surface area contributed by atoms with Crippen molar-refractivity contribution in [3.05, 3.63) is 59.7 Å². The lowest BCUT2D eigenvalue weighted by molar-refractivity contribution is -0.115. The Balaban J connectivity index is 1.62. The van der Waals surface area contributed by atoms with Crippen LogP contribution in [0.25, 0.3) is 11.5 Å². The van der Waals surface area contributed by atoms with Crippen LogP contribution in [0.3, 0.4) is 0 Å². The van der Waals surface area contributed by atoms with E-state index in [2.05, 4.69) is 15.5 Å². The molecule has 0 bridgehead atoms. The van der Waals surface area contributed by atoms with Gasteiger partial charge in [-0.1, -0.05) is 47.2 Å². The average Bonchev–Trinajstić information content (AvgIpc) is 3.06. The van der Waals surface area contributed by atoms with Crippen molar-refractivity contribution >= 4 is 23.4 Å². The second-order valence-corrected chi connectivity index (χ2v) is 7.15. The van der Waals surface area contributed by atoms with E-state index in [0.29, 0.717) is 11.1 Å². The molecule has 0 saturated carbocycles. The summed E-state index contributed by atoms with van der Waals surface area (Å²) in [5.74, 6) is 0.345. The van der Waals surface area contributed by atoms with E-state index in [9.17, 15) is 4.79 Å². The van der Waals surface area contributed by atoms with Gasteiger partial charge in [-0.25, -0.2) is 0 Å². The first-order chi connectivity index (χ1) is 12.0. The Morgan fingerprint density at radius 2 is 1.60 bits per heavy atom. The minimum atomic E-state index is -0.354. The van der Waals surface area contributed by atoms with Crippen molar-refractivity contribution in [2.75, 3.05) is 5.32 Å². The predicted octanol–water partition coefficient (Wildman–Crippen LogP) is 4.47. The minimum absolute atomic E-state index is 0.107. The number of hydrogen-bond donors (Lipinski definition) is 1. The first-order valence-corrected chi connectivity index (χ1v) is 8.84. The number of carbonyl (C=O) groups excluding carboxylic acids is 1. The fourth-order valence-electron chi connectivity index (χ4n) is 2.16. The number of anilines is 1. The molecule has 0 saturated heterocycles. The van der Waals surface area contributed by atoms with E-state index in [1.807, 2.05) is 69.3 Å². The van der Waals surface area contributed by atoms with Crippen molar-refractivity contribution in [1.29, 1.82) is 0 Å². The smallest absolute Gasteiger partial charge is 0.277 e. The molecule has 3 rings (SSSR count). The van der Waals surface area contributed by atoms with E-state index in [1.54, 1.807) is 0 Å². The summed E-state index contributed by atoms with van der Waals surface area (Å²) in [5.41, 5.74) is 3.95. The Hall–Kier alpha value is -2.60. The zero-order valence-corrected chi connectivity index (χ0v) is 15.1. The van der Waals surface area contributed by atoms with E-state index in [-0.39, 0.29) is 11.2 Å². The summed E-state index contributed by atoms with van der Waals surface area (Å²) in [5, 5.41) is 11.0. The van der Waals surface area contributed by atoms with Gasteiger partial charge in [-0.05, 0) is 45.0 Å². The van der Waals surface area contributed by atoms with Crippen LogP contribution in [-0.2, 0) is 4.79 Å². The molecule has 1 aromatic heterocycles. The molecule has 6 heteroatoms. The van der Waals surface area contributed by atoms with Gasteiger partial charge in [0.15, 0.2) is 0 Å². The molecule has 0 fully saturated rings. The molecule has 1 heterocycles. The minimum Gasteiger partial charge on any atom is -0.411 e. The van der Waals surface area contributed by atoms with Gasteiger partial charge in [-0.3, -0.25) is 4.79 Å². The van der Waals surface area contributed by atoms with Gasteiger partial charge in [0.25, 0.3) is 5.22 Å². The molecule has 1 N–H and O–H groups in total. The molecule has 2 aromatic carbocycles. The van der Waals surface area contributed by atoms with Crippen molar-refractivity contribution in [3.8, 4) is 11.5 Å². The summed E-state index contributed by atoms with van der Waals surface area (Å²) in [6.45, 7) is 5.84. The third kappa shape index (κ3) is 4.48. The van der Waals surface area contributed by atoms with E-state index < -0.39 is 0 Å². The number of aryl methyl sites for hydroxylation is 2. The van der Waals surface area contributed by atoms with Crippen LogP contribution in [0, 0.1) is 13.8 Å². The summed E-state index contributed by atoms with van der Waals surface area (Å²) in [6.07, 6.45) is 0. The number of hydrogen-bond acceptors (Lipinski definition) is 5. The number of carbonyl (C=O) groups is 1. The van der Waals surface area contributed by atoms with Crippen molar-refractivity contribution in [1.82, 2.24) is 10.2 Å². The van der Waals surface area contributed by atoms with Gasteiger partial charge in [-0.15, -0.1) is 10.2 Å². The van der Waals surface area contributed by atoms with Crippen LogP contribution in [-0.4, -0.2) is 21.4 Å². The van der Waals surface area contributed by atoms with E-state index in [1.165, 1.54) is 17.3 Å². The zero-order chi connectivity index (χ0) is 17.8. The summed E-state index contributed by atoms with van der Waals surface area (Å²) >= 11 is 1.24. The van der Waals surface area contributed by atoms with Crippen molar-refractivity contribution in [3.63, 3.8) is 0 Å². The number of rotatable bonds is 5. The van der Waals surface area contributed by atoms with E-state index in [0.717, 1.165) is 16.8 Å². The third-order valence-corrected chi connectivity index (χ3v) is 4.61. The molecule has 5 nitrogen and oxygen atoms in total. The number of thioether (sulfide) groups is 1. The average molecular weight is 353 g/mol. The van der Waals surface area contributed by atoms with Crippen molar-refractivity contribution in [2.24, 2.45) is 0 Å². The van der Waals surface area contributed by atoms with Crippen molar-refractivity contribution in [2.45, 2.75) is 31.2 Å². The van der Waals surface area contributed by atoms with Crippen LogP contribution in [0.2, 0.25) is 0 Å². The van der Waals surface area contributed by atoms with Gasteiger partial charge in [-0.2, -0.15) is 0 Å². The van der Waals surface area contributed by atoms with Gasteiger partial charge >= 0.3 is 0 Å². The normalized spacial score (nSPS) is 12.0. The SMILES string of the molecule is Cc1ccc(NC(=O)C(C)Sc2nnc(-c3ccc(C)cc3)o2)cc1. The number of nitrogens with zero attached hydrogens (tertiary/aromatic N) is 2. The van der Waals surface area contributed by atoms with E-state index in [4.69, 9.17) is 4.42 Å². The highest BCUT2D eigenvalue weighted by molar-refractivity contribution is 8.00. The maximum atomic E-state index is 12.3. The molecule has 3 aromatic rings. The summed E-state index contributed by atoms with van der Waals surface area (Å²) in [4.78, 5) is 12.3. The number of aromatic nitrogens is 2. The van der Waals surface area contributed by atoms with Crippen LogP contribution < -0.4 is 5.32 Å². The Bertz CT molecular complexity index is 857. The molecule has 0 spiro atoms. The molecule has 1 atom stereocenters. The Labute approximate surface area is 150 Å². The van der Waals surface area contributed by atoms with Crippen LogP contribution in [0.5, 0.6) is 0 Å². The summed E-state index contributed by atoms with van der Waals surface area (Å²) in [7, 11) is 0. The van der Waals surface area contributed by atoms with Gasteiger partial charge < -0.3 is 9.73 Å². The molecule has 0 aliphatic carbocycles. The number of amides is 1. The Morgan fingerprint density at radius 1 is 1.00 bits per heavy atom. The Kier molecular flexibility index (Phi) is 5.19. The molecule has 128 valence electrons. The highest BCUT2D eigenvalue weighted by Crippen LogP contribution is 2.27. The molecule has 0 aliphatic rings. The highest BCUT2D eigenvalue weighted by Gasteiger charge is 2.19. The first kappa shape index (κ1) is 17.2. The second-order valence-electron chi connectivity index (χ2n) is 5.85. The van der Waals surface area contributed by atoms with Crippen molar-refractivity contribution < 1.29 is 9.21 Å². The molecular formula is C19H19N3O2S. The van der Waals surface area contributed by atoms with Gasteiger partial charge in [0.2, 0.25) is 11.8 Å². The van der Waals surface area contributed by atoms with Gasteiger partial charge in [0, 0.05) is 11.3 Å². The fourth-order valence-corrected chi connectivity index (χ4v) is 2.84. The quantitative estimate of drug-likeness (QED) is 0.685. The second kappa shape index (κ2) is 7.53. The molecule has 25 heavy (non-hydrogen) atoms. The van der Waals surface area contributed by atoms with E-state index >= 15 is 0 Å². The maximum Gasteiger partial charge on any atom is 0.277 e. The molecule has 1 unspecified atom stereocenters. The predicted molar refractivity (Wildman–Crippen MR) is 99.6 cm³/mol. The Morgan fingerprint density at radius 3 is 2.24 bits per heavy atom. The first-order valence-electron chi connectivity index (χ1n) is 7.96. The topological polar surface area (TPSA) is 68.0 Å². The maximum absolute atomic E-state index is 12.3. The molecule has 0 aliphatic heterocycles. The molecular weight excluding hydrogens is 334 g/mol. The number of nitrogens with one attached hydrogen (secondary N) is 1. The monoisotopic (exact) mass is 353 g/mol. The fraction of sp³-hybridized carbons (Fsp3) is 0.211. The van der Waals surface area contributed by atoms with Crippen LogP contribution in [0.15, 0.2) is 58.2 Å². The standard InChI is InChI=1S/C19H19N3O2S/c1-12-4-8-15(9-5-12)18-21-22-19(24-18)25-14(3)17(23)20-16-10-6-13(2)7-11-16/h4-11,14H,1-3H3,(H,20,23). The van der Waals surface area contributed by atoms with Gasteiger partial charge in [0.05, 0.1) is 5.25 Å². The highest BCUT2D eigenvalue weighted by atomic mass is 32.2. The van der Waals surface area contributed by atoms with Crippen LogP contribution >= 0.6 is 11.8 Å². The lowest BCUT2D eigenvalue weighted by Crippen LogP contribution is -2.22. The third-order valence-electron chi connectivity index (χ3n) is 3.67. The zero-order valence-electron chi connectivity index (χ0n) is 14.3. The lowest BCUT2D eigenvalue weighted by Gasteiger charge is -2.10.